The summed E-state index contributed by atoms with van der Waals surface area (Å²) in [7, 11) is 0.969. The van der Waals surface area contributed by atoms with Crippen molar-refractivity contribution in [3.63, 3.8) is 0 Å². The number of halogens is 3. The van der Waals surface area contributed by atoms with Crippen molar-refractivity contribution < 1.29 is 51.3 Å². The van der Waals surface area contributed by atoms with Gasteiger partial charge in [0.15, 0.2) is 11.2 Å². The van der Waals surface area contributed by atoms with E-state index in [1.165, 1.54) is 25.3 Å². The molecule has 0 bridgehead atoms. The molecule has 1 N–H and O–H groups in total. The number of alkyl halides is 3. The van der Waals surface area contributed by atoms with E-state index >= 15 is 0 Å². The maximum Gasteiger partial charge on any atom is 0.417 e. The van der Waals surface area contributed by atoms with Gasteiger partial charge < -0.3 is 29.2 Å². The highest BCUT2D eigenvalue weighted by Crippen LogP contribution is 2.46. The zero-order chi connectivity index (χ0) is 41.1. The maximum absolute atomic E-state index is 14.6. The van der Waals surface area contributed by atoms with Crippen LogP contribution in [0, 0.1) is 23.2 Å². The first-order valence-electron chi connectivity index (χ1n) is 19.2. The van der Waals surface area contributed by atoms with Crippen LogP contribution in [0.5, 0.6) is 0 Å². The lowest BCUT2D eigenvalue weighted by molar-refractivity contribution is -0.204. The van der Waals surface area contributed by atoms with Gasteiger partial charge in [0.2, 0.25) is 5.91 Å². The Bertz CT molecular complexity index is 1920. The molecule has 3 aliphatic rings. The number of likely N-dealkylation sites (tertiary alicyclic amines) is 1. The fraction of sp³-hybridized carbons (Fsp3) is 0.615. The number of alkyl carbamates (subject to hydrolysis) is 1. The van der Waals surface area contributed by atoms with E-state index in [9.17, 15) is 32.3 Å². The molecule has 1 unspecified atom stereocenters. The number of piperidine rings is 1. The minimum absolute atomic E-state index is 0.00247. The number of amides is 3. The predicted molar refractivity (Wildman–Crippen MR) is 198 cm³/mol. The molecule has 0 spiro atoms. The van der Waals surface area contributed by atoms with E-state index < -0.39 is 72.6 Å². The largest absolute Gasteiger partial charge is 0.468 e. The van der Waals surface area contributed by atoms with Gasteiger partial charge in [-0.1, -0.05) is 50.1 Å². The molecule has 57 heavy (non-hydrogen) atoms. The Kier molecular flexibility index (Phi) is 12.3. The van der Waals surface area contributed by atoms with Gasteiger partial charge in [-0.05, 0) is 57.4 Å². The molecular weight excluding hydrogens is 751 g/mol. The number of hydrogen-bond donors (Lipinski definition) is 1. The number of imidazole rings is 1. The van der Waals surface area contributed by atoms with Crippen molar-refractivity contribution in [2.24, 2.45) is 23.2 Å². The van der Waals surface area contributed by atoms with Crippen LogP contribution < -0.4 is 10.2 Å². The van der Waals surface area contributed by atoms with Crippen LogP contribution in [0.15, 0.2) is 36.5 Å². The van der Waals surface area contributed by atoms with E-state index in [1.54, 1.807) is 11.1 Å². The third-order valence-electron chi connectivity index (χ3n) is 10.8. The molecule has 1 aromatic carbocycles. The Balaban J connectivity index is 1.41. The second kappa shape index (κ2) is 16.8. The van der Waals surface area contributed by atoms with Crippen LogP contribution in [0.3, 0.4) is 0 Å². The highest BCUT2D eigenvalue weighted by atomic mass is 19.4. The van der Waals surface area contributed by atoms with Crippen LogP contribution >= 0.6 is 0 Å². The van der Waals surface area contributed by atoms with E-state index in [0.717, 1.165) is 38.4 Å². The lowest BCUT2D eigenvalue weighted by atomic mass is 9.71. The zero-order valence-corrected chi connectivity index (χ0v) is 32.8. The van der Waals surface area contributed by atoms with E-state index in [4.69, 9.17) is 34.0 Å². The summed E-state index contributed by atoms with van der Waals surface area (Å²) in [5, 5.41) is 7.77. The summed E-state index contributed by atoms with van der Waals surface area (Å²) < 4.78 is 66.6. The minimum Gasteiger partial charge on any atom is -0.468 e. The van der Waals surface area contributed by atoms with Gasteiger partial charge in [-0.3, -0.25) is 9.59 Å². The molecule has 3 aromatic rings. The number of aromatic nitrogens is 4. The summed E-state index contributed by atoms with van der Waals surface area (Å²) in [6.07, 6.45) is -3.47. The monoisotopic (exact) mass is 801 g/mol. The van der Waals surface area contributed by atoms with Crippen molar-refractivity contribution >= 4 is 35.7 Å². The van der Waals surface area contributed by atoms with E-state index in [1.807, 2.05) is 30.3 Å². The fourth-order valence-electron chi connectivity index (χ4n) is 7.80. The molecule has 2 aromatic heterocycles. The molecule has 4 heterocycles. The van der Waals surface area contributed by atoms with Crippen molar-refractivity contribution in [2.45, 2.75) is 90.6 Å². The number of ether oxygens (including phenoxy) is 4. The zero-order valence-electron chi connectivity index (χ0n) is 32.8. The number of morpholine rings is 1. The number of nitrogens with zero attached hydrogens (tertiary/aromatic N) is 6. The van der Waals surface area contributed by atoms with Crippen molar-refractivity contribution in [3.8, 4) is 0 Å². The third-order valence-corrected chi connectivity index (χ3v) is 10.8. The molecule has 2 saturated heterocycles. The molecule has 2 aliphatic heterocycles. The molecule has 310 valence electrons. The second-order valence-electron chi connectivity index (χ2n) is 16.2. The number of esters is 1. The minimum atomic E-state index is -4.90. The first-order chi connectivity index (χ1) is 27.0. The summed E-state index contributed by atoms with van der Waals surface area (Å²) in [5.74, 6) is -3.94. The molecule has 1 aliphatic carbocycles. The van der Waals surface area contributed by atoms with E-state index in [0.29, 0.717) is 42.8 Å². The smallest absolute Gasteiger partial charge is 0.417 e. The standard InChI is InChI=1S/C39H50F3N7O8/c1-24-11-13-26(14-12-24)30(44-35(52)56-23-25-9-7-6-8-10-25)29-22-49-34(43-29)45-31(47-15-17-55-18-16-47)28(46-49)20-38(33(51)54-5)19-27(39(40,41)42)21-48(32(38)50)36(53)57-37(2,3)4/h6-10,22,24,26-27,30H,11-21,23H2,1-5H3,(H,44,52)/t24?,26?,27-,30+,38?/m1/s1. The number of methoxy groups -OCH3 is 1. The Labute approximate surface area is 328 Å². The lowest BCUT2D eigenvalue weighted by Gasteiger charge is -2.43. The highest BCUT2D eigenvalue weighted by molar-refractivity contribution is 6.08. The Morgan fingerprint density at radius 2 is 1.72 bits per heavy atom. The lowest BCUT2D eigenvalue weighted by Crippen LogP contribution is -2.61. The summed E-state index contributed by atoms with van der Waals surface area (Å²) in [6, 6.07) is 8.66. The average molecular weight is 802 g/mol. The molecule has 0 radical (unpaired) electrons. The number of carbonyl (C=O) groups is 4. The quantitative estimate of drug-likeness (QED) is 0.157. The molecular formula is C39H50F3N7O8. The molecule has 18 heteroatoms. The molecule has 6 rings (SSSR count). The first-order valence-corrected chi connectivity index (χ1v) is 19.2. The predicted octanol–water partition coefficient (Wildman–Crippen LogP) is 5.80. The van der Waals surface area contributed by atoms with Crippen LogP contribution in [-0.4, -0.2) is 100 Å². The van der Waals surface area contributed by atoms with Gasteiger partial charge in [-0.25, -0.2) is 24.0 Å². The van der Waals surface area contributed by atoms with Gasteiger partial charge in [0, 0.05) is 26.1 Å². The van der Waals surface area contributed by atoms with Crippen LogP contribution in [0.4, 0.5) is 28.6 Å². The van der Waals surface area contributed by atoms with Gasteiger partial charge in [0.1, 0.15) is 17.9 Å². The summed E-state index contributed by atoms with van der Waals surface area (Å²) in [4.78, 5) is 66.4. The van der Waals surface area contributed by atoms with Crippen LogP contribution in [0.25, 0.3) is 5.78 Å². The molecule has 3 fully saturated rings. The average Bonchev–Trinajstić information content (AvgIpc) is 3.59. The first kappa shape index (κ1) is 41.6. The number of anilines is 1. The number of imide groups is 1. The normalized spacial score (nSPS) is 23.9. The molecule has 3 amide bonds. The number of fused-ring (bicyclic) bond motifs is 1. The van der Waals surface area contributed by atoms with Crippen LogP contribution in [0.1, 0.15) is 82.8 Å². The molecule has 15 nitrogen and oxygen atoms in total. The summed E-state index contributed by atoms with van der Waals surface area (Å²) >= 11 is 0. The third kappa shape index (κ3) is 9.59. The Morgan fingerprint density at radius 3 is 2.35 bits per heavy atom. The molecule has 3 atom stereocenters. The van der Waals surface area contributed by atoms with Gasteiger partial charge in [0.05, 0.1) is 44.2 Å². The van der Waals surface area contributed by atoms with Crippen molar-refractivity contribution in [1.29, 1.82) is 0 Å². The summed E-state index contributed by atoms with van der Waals surface area (Å²) in [6.45, 7) is 6.96. The Hall–Kier alpha value is -5.00. The van der Waals surface area contributed by atoms with Gasteiger partial charge in [-0.2, -0.15) is 23.3 Å². The number of nitrogens with one attached hydrogen (secondary N) is 1. The van der Waals surface area contributed by atoms with E-state index in [-0.39, 0.29) is 29.8 Å². The van der Waals surface area contributed by atoms with Crippen molar-refractivity contribution in [3.05, 3.63) is 53.5 Å². The number of benzene rings is 1. The topological polar surface area (TPSA) is 167 Å². The van der Waals surface area contributed by atoms with Crippen LogP contribution in [-0.2, 0) is 41.6 Å². The van der Waals surface area contributed by atoms with Crippen LogP contribution in [0.2, 0.25) is 0 Å². The van der Waals surface area contributed by atoms with Crippen molar-refractivity contribution in [1.82, 2.24) is 29.8 Å². The van der Waals surface area contributed by atoms with E-state index in [2.05, 4.69) is 12.2 Å². The Morgan fingerprint density at radius 1 is 1.04 bits per heavy atom. The van der Waals surface area contributed by atoms with Crippen molar-refractivity contribution in [2.75, 3.05) is 44.9 Å². The number of rotatable bonds is 9. The number of carbonyl (C=O) groups excluding carboxylic acids is 4. The second-order valence-corrected chi connectivity index (χ2v) is 16.2. The SMILES string of the molecule is COC(=O)C1(Cc2nn3cc([C@@H](NC(=O)OCc4ccccc4)C4CCC(C)CC4)nc3nc2N2CCOCC2)C[C@@H](C(F)(F)F)CN(C(=O)OC(C)(C)C)C1=O. The highest BCUT2D eigenvalue weighted by Gasteiger charge is 2.61. The number of hydrogen-bond acceptors (Lipinski definition) is 12. The summed E-state index contributed by atoms with van der Waals surface area (Å²) in [5.41, 5.74) is -2.45. The fourth-order valence-corrected chi connectivity index (χ4v) is 7.80. The maximum atomic E-state index is 14.6. The van der Waals surface area contributed by atoms with Gasteiger partial charge in [-0.15, -0.1) is 0 Å². The van der Waals surface area contributed by atoms with Gasteiger partial charge in [0.25, 0.3) is 5.78 Å². The van der Waals surface area contributed by atoms with Gasteiger partial charge >= 0.3 is 24.3 Å². The molecule has 1 saturated carbocycles.